The molecule has 0 heterocycles. The Labute approximate surface area is 154 Å². The second-order valence-electron chi connectivity index (χ2n) is 7.15. The number of fused-ring (bicyclic) bond motifs is 3. The maximum absolute atomic E-state index is 2.38. The third-order valence-electron chi connectivity index (χ3n) is 5.39. The van der Waals surface area contributed by atoms with Crippen LogP contribution in [0.2, 0.25) is 0 Å². The van der Waals surface area contributed by atoms with Gasteiger partial charge in [0, 0.05) is 6.42 Å². The molecule has 0 amide bonds. The molecule has 4 aromatic rings. The van der Waals surface area contributed by atoms with Gasteiger partial charge in [0.15, 0.2) is 0 Å². The van der Waals surface area contributed by atoms with Crippen LogP contribution in [0.1, 0.15) is 30.9 Å². The van der Waals surface area contributed by atoms with E-state index in [1.165, 1.54) is 55.8 Å². The third kappa shape index (κ3) is 2.45. The average Bonchev–Trinajstić information content (AvgIpc) is 3.09. The molecule has 0 bridgehead atoms. The topological polar surface area (TPSA) is 0 Å². The molecule has 0 N–H and O–H groups in total. The third-order valence-corrected chi connectivity index (χ3v) is 5.39. The van der Waals surface area contributed by atoms with Gasteiger partial charge in [-0.3, -0.25) is 0 Å². The number of allylic oxidation sites excluding steroid dienone is 1. The van der Waals surface area contributed by atoms with E-state index in [4.69, 9.17) is 0 Å². The lowest BCUT2D eigenvalue weighted by Gasteiger charge is -2.12. The standard InChI is InChI=1S/C26H21/c1-2-7-18-14-21-10-5-12-23(25(21)15-18)24-13-6-11-22-16-19-8-3-4-9-20(19)17-26(22)24/h3-6,8-17H,2,7H2,1H3. The Kier molecular flexibility index (Phi) is 3.64. The van der Waals surface area contributed by atoms with E-state index in [-0.39, 0.29) is 0 Å². The first-order valence-electron chi connectivity index (χ1n) is 9.44. The molecule has 0 aromatic heterocycles. The Morgan fingerprint density at radius 2 is 1.42 bits per heavy atom. The monoisotopic (exact) mass is 333 g/mol. The lowest BCUT2D eigenvalue weighted by Crippen LogP contribution is -1.88. The van der Waals surface area contributed by atoms with Crippen LogP contribution in [0.4, 0.5) is 0 Å². The fourth-order valence-corrected chi connectivity index (χ4v) is 4.17. The summed E-state index contributed by atoms with van der Waals surface area (Å²) in [6, 6.07) is 26.6. The quantitative estimate of drug-likeness (QED) is 0.342. The van der Waals surface area contributed by atoms with Crippen LogP contribution in [0, 0.1) is 6.42 Å². The fraction of sp³-hybridized carbons (Fsp3) is 0.115. The minimum atomic E-state index is 1.15. The van der Waals surface area contributed by atoms with E-state index in [0.717, 1.165) is 6.42 Å². The van der Waals surface area contributed by atoms with Crippen molar-refractivity contribution >= 4 is 27.6 Å². The molecule has 0 nitrogen and oxygen atoms in total. The van der Waals surface area contributed by atoms with Crippen LogP contribution in [0.3, 0.4) is 0 Å². The van der Waals surface area contributed by atoms with E-state index in [1.807, 2.05) is 0 Å². The molecule has 0 fully saturated rings. The van der Waals surface area contributed by atoms with Crippen molar-refractivity contribution in [1.29, 1.82) is 0 Å². The van der Waals surface area contributed by atoms with E-state index in [1.54, 1.807) is 0 Å². The molecule has 1 radical (unpaired) electrons. The maximum atomic E-state index is 2.38. The Bertz CT molecular complexity index is 1160. The molecular formula is C26H21. The smallest absolute Gasteiger partial charge is 0.0164 e. The zero-order chi connectivity index (χ0) is 17.5. The van der Waals surface area contributed by atoms with Gasteiger partial charge in [0.25, 0.3) is 0 Å². The van der Waals surface area contributed by atoms with Crippen molar-refractivity contribution in [1.82, 2.24) is 0 Å². The summed E-state index contributed by atoms with van der Waals surface area (Å²) in [5.74, 6) is 0. The van der Waals surface area contributed by atoms with Gasteiger partial charge in [-0.2, -0.15) is 0 Å². The zero-order valence-electron chi connectivity index (χ0n) is 15.0. The van der Waals surface area contributed by atoms with Crippen molar-refractivity contribution in [2.45, 2.75) is 19.8 Å². The summed E-state index contributed by atoms with van der Waals surface area (Å²) in [6.07, 6.45) is 7.07. The van der Waals surface area contributed by atoms with Gasteiger partial charge in [-0.05, 0) is 62.4 Å². The summed E-state index contributed by atoms with van der Waals surface area (Å²) in [4.78, 5) is 0. The summed E-state index contributed by atoms with van der Waals surface area (Å²) in [7, 11) is 0. The molecule has 4 aromatic carbocycles. The molecule has 0 spiro atoms. The summed E-state index contributed by atoms with van der Waals surface area (Å²) in [5.41, 5.74) is 6.83. The Morgan fingerprint density at radius 1 is 0.692 bits per heavy atom. The molecule has 0 atom stereocenters. The van der Waals surface area contributed by atoms with Gasteiger partial charge >= 0.3 is 0 Å². The van der Waals surface area contributed by atoms with Crippen LogP contribution >= 0.6 is 0 Å². The van der Waals surface area contributed by atoms with Gasteiger partial charge in [-0.15, -0.1) is 0 Å². The van der Waals surface area contributed by atoms with E-state index in [2.05, 4.69) is 92.2 Å². The van der Waals surface area contributed by atoms with Crippen molar-refractivity contribution in [3.8, 4) is 11.1 Å². The highest BCUT2D eigenvalue weighted by Crippen LogP contribution is 2.39. The molecule has 5 rings (SSSR count). The average molecular weight is 333 g/mol. The van der Waals surface area contributed by atoms with Gasteiger partial charge in [0.05, 0.1) is 0 Å². The summed E-state index contributed by atoms with van der Waals surface area (Å²) in [5, 5.41) is 5.23. The highest BCUT2D eigenvalue weighted by molar-refractivity contribution is 6.06. The molecule has 1 aliphatic carbocycles. The molecule has 26 heavy (non-hydrogen) atoms. The first-order valence-corrected chi connectivity index (χ1v) is 9.44. The predicted octanol–water partition coefficient (Wildman–Crippen LogP) is 7.41. The van der Waals surface area contributed by atoms with Gasteiger partial charge in [0.2, 0.25) is 0 Å². The second kappa shape index (κ2) is 6.14. The van der Waals surface area contributed by atoms with E-state index in [9.17, 15) is 0 Å². The van der Waals surface area contributed by atoms with Crippen molar-refractivity contribution < 1.29 is 0 Å². The molecular weight excluding hydrogens is 312 g/mol. The molecule has 1 aliphatic rings. The van der Waals surface area contributed by atoms with E-state index >= 15 is 0 Å². The SMILES string of the molecule is CCCC1=Cc2c(cccc2-c2cccc3cc4ccccc4cc23)[CH]1. The fourth-order valence-electron chi connectivity index (χ4n) is 4.17. The minimum absolute atomic E-state index is 1.15. The normalized spacial score (nSPS) is 13.2. The largest absolute Gasteiger partial charge is 0.0651 e. The molecule has 0 saturated carbocycles. The highest BCUT2D eigenvalue weighted by atomic mass is 14.2. The second-order valence-corrected chi connectivity index (χ2v) is 7.15. The number of hydrogen-bond donors (Lipinski definition) is 0. The van der Waals surface area contributed by atoms with Crippen LogP contribution < -0.4 is 0 Å². The van der Waals surface area contributed by atoms with Gasteiger partial charge < -0.3 is 0 Å². The molecule has 0 heteroatoms. The molecule has 0 aliphatic heterocycles. The van der Waals surface area contributed by atoms with Crippen LogP contribution in [0.15, 0.2) is 78.4 Å². The Morgan fingerprint density at radius 3 is 2.27 bits per heavy atom. The molecule has 0 saturated heterocycles. The zero-order valence-corrected chi connectivity index (χ0v) is 15.0. The van der Waals surface area contributed by atoms with Crippen molar-refractivity contribution in [3.05, 3.63) is 95.9 Å². The Balaban J connectivity index is 1.76. The lowest BCUT2D eigenvalue weighted by atomic mass is 9.92. The van der Waals surface area contributed by atoms with Crippen LogP contribution in [0.5, 0.6) is 0 Å². The Hall–Kier alpha value is -2.86. The van der Waals surface area contributed by atoms with Crippen molar-refractivity contribution in [2.24, 2.45) is 0 Å². The van der Waals surface area contributed by atoms with Gasteiger partial charge in [-0.1, -0.05) is 85.7 Å². The number of hydrogen-bond acceptors (Lipinski definition) is 0. The van der Waals surface area contributed by atoms with Crippen LogP contribution in [-0.2, 0) is 0 Å². The predicted molar refractivity (Wildman–Crippen MR) is 113 cm³/mol. The summed E-state index contributed by atoms with van der Waals surface area (Å²) < 4.78 is 0. The van der Waals surface area contributed by atoms with E-state index < -0.39 is 0 Å². The maximum Gasteiger partial charge on any atom is 0.0164 e. The number of rotatable bonds is 3. The molecule has 125 valence electrons. The van der Waals surface area contributed by atoms with Crippen molar-refractivity contribution in [2.75, 3.05) is 0 Å². The number of benzene rings is 4. The van der Waals surface area contributed by atoms with Crippen molar-refractivity contribution in [3.63, 3.8) is 0 Å². The minimum Gasteiger partial charge on any atom is -0.0651 e. The first kappa shape index (κ1) is 15.4. The van der Waals surface area contributed by atoms with E-state index in [0.29, 0.717) is 0 Å². The summed E-state index contributed by atoms with van der Waals surface area (Å²) in [6.45, 7) is 2.24. The van der Waals surface area contributed by atoms with Gasteiger partial charge in [0.1, 0.15) is 0 Å². The molecule has 0 unspecified atom stereocenters. The van der Waals surface area contributed by atoms with Gasteiger partial charge in [-0.25, -0.2) is 0 Å². The van der Waals surface area contributed by atoms with Crippen LogP contribution in [-0.4, -0.2) is 0 Å². The lowest BCUT2D eigenvalue weighted by molar-refractivity contribution is 0.924. The summed E-state index contributed by atoms with van der Waals surface area (Å²) >= 11 is 0. The highest BCUT2D eigenvalue weighted by Gasteiger charge is 2.17. The van der Waals surface area contributed by atoms with Crippen LogP contribution in [0.25, 0.3) is 38.7 Å². The first-order chi connectivity index (χ1) is 12.8.